The molecule has 72 valence electrons. The van der Waals surface area contributed by atoms with Crippen LogP contribution in [0.15, 0.2) is 35.7 Å². The van der Waals surface area contributed by atoms with Crippen molar-refractivity contribution in [3.05, 3.63) is 35.7 Å². The number of para-hydroxylation sites is 1. The number of hydrogen-bond donors (Lipinski definition) is 1. The van der Waals surface area contributed by atoms with Gasteiger partial charge in [-0.25, -0.2) is 0 Å². The van der Waals surface area contributed by atoms with E-state index in [2.05, 4.69) is 15.1 Å². The zero-order valence-corrected chi connectivity index (χ0v) is 7.60. The number of hydrogen-bond acceptors (Lipinski definition) is 3. The molecule has 1 N–H and O–H groups in total. The van der Waals surface area contributed by atoms with Gasteiger partial charge in [-0.15, -0.1) is 0 Å². The zero-order chi connectivity index (χ0) is 9.97. The Morgan fingerprint density at radius 3 is 3.00 bits per heavy atom. The van der Waals surface area contributed by atoms with Crippen LogP contribution < -0.4 is 0 Å². The van der Waals surface area contributed by atoms with Crippen LogP contribution in [0.1, 0.15) is 0 Å². The lowest BCUT2D eigenvalue weighted by atomic mass is 10.2. The van der Waals surface area contributed by atoms with E-state index in [4.69, 9.17) is 0 Å². The van der Waals surface area contributed by atoms with Gasteiger partial charge < -0.3 is 15.0 Å². The van der Waals surface area contributed by atoms with Gasteiger partial charge in [0.2, 0.25) is 5.28 Å². The smallest absolute Gasteiger partial charge is 0.273 e. The van der Waals surface area contributed by atoms with Crippen molar-refractivity contribution in [3.8, 4) is 0 Å². The number of aromatic amines is 1. The summed E-state index contributed by atoms with van der Waals surface area (Å²) >= 11 is 0. The molecule has 0 saturated heterocycles. The van der Waals surface area contributed by atoms with Gasteiger partial charge in [-0.1, -0.05) is 12.1 Å². The average Bonchev–Trinajstić information content (AvgIpc) is 2.61. The SMILES string of the molecule is CON=[N+]([O-])c1c[nH]c2ccccc12. The Morgan fingerprint density at radius 1 is 1.43 bits per heavy atom. The maximum Gasteiger partial charge on any atom is 0.273 e. The molecule has 0 amide bonds. The average molecular weight is 191 g/mol. The van der Waals surface area contributed by atoms with Gasteiger partial charge in [-0.2, -0.15) is 0 Å². The first-order chi connectivity index (χ1) is 6.83. The van der Waals surface area contributed by atoms with Crippen LogP contribution in [0.3, 0.4) is 0 Å². The normalized spacial score (nSPS) is 11.9. The van der Waals surface area contributed by atoms with Gasteiger partial charge >= 0.3 is 0 Å². The van der Waals surface area contributed by atoms with E-state index in [1.54, 1.807) is 6.20 Å². The summed E-state index contributed by atoms with van der Waals surface area (Å²) in [6, 6.07) is 7.49. The van der Waals surface area contributed by atoms with E-state index in [9.17, 15) is 5.21 Å². The minimum atomic E-state index is 0.443. The molecule has 0 fully saturated rings. The van der Waals surface area contributed by atoms with Gasteiger partial charge in [0.1, 0.15) is 7.11 Å². The van der Waals surface area contributed by atoms with E-state index < -0.39 is 0 Å². The summed E-state index contributed by atoms with van der Waals surface area (Å²) < 4.78 is 0. The molecule has 2 aromatic rings. The lowest BCUT2D eigenvalue weighted by Gasteiger charge is -1.94. The molecule has 1 aromatic carbocycles. The summed E-state index contributed by atoms with van der Waals surface area (Å²) in [5.74, 6) is 0. The quantitative estimate of drug-likeness (QED) is 0.449. The molecule has 1 aromatic heterocycles. The molecular weight excluding hydrogens is 182 g/mol. The summed E-state index contributed by atoms with van der Waals surface area (Å²) in [6.45, 7) is 0. The summed E-state index contributed by atoms with van der Waals surface area (Å²) in [5, 5.41) is 15.4. The topological polar surface area (TPSA) is 63.4 Å². The molecule has 14 heavy (non-hydrogen) atoms. The second kappa shape index (κ2) is 3.37. The molecule has 0 atom stereocenters. The molecule has 2 rings (SSSR count). The summed E-state index contributed by atoms with van der Waals surface area (Å²) in [5.41, 5.74) is 1.34. The molecule has 0 unspecified atom stereocenters. The first-order valence-electron chi connectivity index (χ1n) is 4.10. The van der Waals surface area contributed by atoms with Gasteiger partial charge in [-0.05, 0) is 17.0 Å². The molecule has 0 saturated carbocycles. The third kappa shape index (κ3) is 1.28. The first kappa shape index (κ1) is 8.55. The van der Waals surface area contributed by atoms with Gasteiger partial charge in [0.25, 0.3) is 5.69 Å². The summed E-state index contributed by atoms with van der Waals surface area (Å²) in [4.78, 5) is 7.81. The molecule has 1 heterocycles. The van der Waals surface area contributed by atoms with Gasteiger partial charge in [0, 0.05) is 0 Å². The van der Waals surface area contributed by atoms with Crippen molar-refractivity contribution in [2.24, 2.45) is 5.28 Å². The van der Waals surface area contributed by atoms with Crippen molar-refractivity contribution in [1.29, 1.82) is 0 Å². The van der Waals surface area contributed by atoms with Crippen LogP contribution in [0.2, 0.25) is 0 Å². The highest BCUT2D eigenvalue weighted by atomic mass is 16.7. The van der Waals surface area contributed by atoms with Crippen molar-refractivity contribution in [2.45, 2.75) is 0 Å². The van der Waals surface area contributed by atoms with Gasteiger partial charge in [0.15, 0.2) is 0 Å². The lowest BCUT2D eigenvalue weighted by molar-refractivity contribution is -0.475. The van der Waals surface area contributed by atoms with Crippen LogP contribution >= 0.6 is 0 Å². The van der Waals surface area contributed by atoms with Gasteiger partial charge in [0.05, 0.1) is 17.1 Å². The van der Waals surface area contributed by atoms with Crippen molar-refractivity contribution in [1.82, 2.24) is 4.98 Å². The molecule has 0 radical (unpaired) electrons. The summed E-state index contributed by atoms with van der Waals surface area (Å²) in [7, 11) is 1.33. The minimum Gasteiger partial charge on any atom is -0.592 e. The highest BCUT2D eigenvalue weighted by molar-refractivity contribution is 5.88. The van der Waals surface area contributed by atoms with Crippen molar-refractivity contribution >= 4 is 16.6 Å². The third-order valence-corrected chi connectivity index (χ3v) is 1.93. The molecule has 0 aliphatic heterocycles. The Kier molecular flexibility index (Phi) is 2.06. The number of aromatic nitrogens is 1. The van der Waals surface area contributed by atoms with Crippen LogP contribution in [0.25, 0.3) is 10.9 Å². The third-order valence-electron chi connectivity index (χ3n) is 1.93. The van der Waals surface area contributed by atoms with Crippen molar-refractivity contribution in [2.75, 3.05) is 7.11 Å². The Bertz CT molecular complexity index is 476. The predicted octanol–water partition coefficient (Wildman–Crippen LogP) is 2.32. The van der Waals surface area contributed by atoms with Crippen LogP contribution in [0.5, 0.6) is 0 Å². The standard InChI is InChI=1S/C9H9N3O2/c1-14-11-12(13)9-6-10-8-5-3-2-4-7(8)9/h2-6,10H,1H3. The molecule has 5 heteroatoms. The van der Waals surface area contributed by atoms with E-state index in [0.29, 0.717) is 10.5 Å². The summed E-state index contributed by atoms with van der Waals surface area (Å²) in [6.07, 6.45) is 1.60. The van der Waals surface area contributed by atoms with Crippen LogP contribution in [-0.4, -0.2) is 17.0 Å². The maximum atomic E-state index is 11.3. The van der Waals surface area contributed by atoms with E-state index in [-0.39, 0.29) is 0 Å². The molecule has 0 aliphatic rings. The van der Waals surface area contributed by atoms with E-state index >= 15 is 0 Å². The Morgan fingerprint density at radius 2 is 2.21 bits per heavy atom. The Hall–Kier alpha value is -2.04. The monoisotopic (exact) mass is 191 g/mol. The second-order valence-electron chi connectivity index (χ2n) is 2.76. The molecule has 0 spiro atoms. The predicted molar refractivity (Wildman–Crippen MR) is 51.0 cm³/mol. The minimum absolute atomic E-state index is 0.443. The van der Waals surface area contributed by atoms with E-state index in [0.717, 1.165) is 10.9 Å². The van der Waals surface area contributed by atoms with Crippen LogP contribution in [0, 0.1) is 5.21 Å². The fourth-order valence-electron chi connectivity index (χ4n) is 1.33. The molecular formula is C9H9N3O2. The first-order valence-corrected chi connectivity index (χ1v) is 4.10. The van der Waals surface area contributed by atoms with Crippen LogP contribution in [-0.2, 0) is 4.84 Å². The highest BCUT2D eigenvalue weighted by Gasteiger charge is 2.11. The number of nitrogens with one attached hydrogen (secondary N) is 1. The van der Waals surface area contributed by atoms with Crippen molar-refractivity contribution < 1.29 is 9.70 Å². The van der Waals surface area contributed by atoms with E-state index in [1.807, 2.05) is 24.3 Å². The Labute approximate surface area is 80.2 Å². The second-order valence-corrected chi connectivity index (χ2v) is 2.76. The largest absolute Gasteiger partial charge is 0.592 e. The van der Waals surface area contributed by atoms with Gasteiger partial charge in [-0.3, -0.25) is 0 Å². The fraction of sp³-hybridized carbons (Fsp3) is 0.111. The molecule has 0 aliphatic carbocycles. The molecule has 5 nitrogen and oxygen atoms in total. The number of H-pyrrole nitrogens is 1. The number of nitrogens with zero attached hydrogens (tertiary/aromatic N) is 2. The number of benzene rings is 1. The maximum absolute atomic E-state index is 11.3. The number of fused-ring (bicyclic) bond motifs is 1. The fourth-order valence-corrected chi connectivity index (χ4v) is 1.33. The molecule has 0 bridgehead atoms. The van der Waals surface area contributed by atoms with Crippen LogP contribution in [0.4, 0.5) is 5.69 Å². The van der Waals surface area contributed by atoms with Crippen molar-refractivity contribution in [3.63, 3.8) is 0 Å². The zero-order valence-electron chi connectivity index (χ0n) is 7.60. The lowest BCUT2D eigenvalue weighted by Crippen LogP contribution is -1.90. The highest BCUT2D eigenvalue weighted by Crippen LogP contribution is 2.24. The van der Waals surface area contributed by atoms with E-state index in [1.165, 1.54) is 7.11 Å². The number of rotatable bonds is 2. The Balaban J connectivity index is 2.58.